The van der Waals surface area contributed by atoms with E-state index in [1.165, 1.54) is 6.20 Å². The fraction of sp³-hybridized carbons (Fsp3) is 0.429. The maximum atomic E-state index is 10.9. The SMILES string of the molecule is CN(C)/C=C1\C(=O)CNC1=O. The van der Waals surface area contributed by atoms with E-state index in [2.05, 4.69) is 5.32 Å². The van der Waals surface area contributed by atoms with Gasteiger partial charge in [-0.15, -0.1) is 0 Å². The van der Waals surface area contributed by atoms with E-state index >= 15 is 0 Å². The Balaban J connectivity index is 2.84. The van der Waals surface area contributed by atoms with Gasteiger partial charge in [0, 0.05) is 20.3 Å². The normalized spacial score (nSPS) is 20.7. The van der Waals surface area contributed by atoms with Crippen molar-refractivity contribution in [3.8, 4) is 0 Å². The zero-order valence-electron chi connectivity index (χ0n) is 6.55. The number of carbonyl (C=O) groups excluding carboxylic acids is 2. The zero-order valence-corrected chi connectivity index (χ0v) is 6.55. The second kappa shape index (κ2) is 2.74. The first-order chi connectivity index (χ1) is 5.11. The molecule has 1 fully saturated rings. The molecule has 0 aromatic heterocycles. The summed E-state index contributed by atoms with van der Waals surface area (Å²) < 4.78 is 0. The Bertz CT molecular complexity index is 213. The molecule has 1 rings (SSSR count). The topological polar surface area (TPSA) is 49.4 Å². The number of hydrogen-bond donors (Lipinski definition) is 1. The molecule has 0 bridgehead atoms. The van der Waals surface area contributed by atoms with Crippen LogP contribution in [-0.4, -0.2) is 37.2 Å². The van der Waals surface area contributed by atoms with Crippen molar-refractivity contribution >= 4 is 11.7 Å². The van der Waals surface area contributed by atoms with Gasteiger partial charge >= 0.3 is 0 Å². The molecular weight excluding hydrogens is 144 g/mol. The summed E-state index contributed by atoms with van der Waals surface area (Å²) in [6.45, 7) is 0.137. The second-order valence-electron chi connectivity index (χ2n) is 2.61. The Morgan fingerprint density at radius 1 is 1.45 bits per heavy atom. The van der Waals surface area contributed by atoms with Gasteiger partial charge in [0.1, 0.15) is 5.57 Å². The van der Waals surface area contributed by atoms with Crippen LogP contribution >= 0.6 is 0 Å². The van der Waals surface area contributed by atoms with Crippen LogP contribution in [-0.2, 0) is 9.59 Å². The van der Waals surface area contributed by atoms with Crippen molar-refractivity contribution in [1.82, 2.24) is 10.2 Å². The van der Waals surface area contributed by atoms with Gasteiger partial charge in [0.25, 0.3) is 5.91 Å². The fourth-order valence-electron chi connectivity index (χ4n) is 0.866. The monoisotopic (exact) mass is 154 g/mol. The van der Waals surface area contributed by atoms with Crippen LogP contribution in [0, 0.1) is 0 Å². The Morgan fingerprint density at radius 2 is 2.09 bits per heavy atom. The molecule has 1 saturated heterocycles. The molecule has 11 heavy (non-hydrogen) atoms. The lowest BCUT2D eigenvalue weighted by molar-refractivity contribution is -0.117. The van der Waals surface area contributed by atoms with E-state index in [9.17, 15) is 9.59 Å². The van der Waals surface area contributed by atoms with Gasteiger partial charge in [-0.25, -0.2) is 0 Å². The van der Waals surface area contributed by atoms with Crippen LogP contribution < -0.4 is 5.32 Å². The summed E-state index contributed by atoms with van der Waals surface area (Å²) in [6, 6.07) is 0. The molecule has 60 valence electrons. The fourth-order valence-corrected chi connectivity index (χ4v) is 0.866. The van der Waals surface area contributed by atoms with Crippen molar-refractivity contribution in [2.24, 2.45) is 0 Å². The molecule has 4 heteroatoms. The third-order valence-corrected chi connectivity index (χ3v) is 1.34. The molecule has 4 nitrogen and oxygen atoms in total. The van der Waals surface area contributed by atoms with Crippen molar-refractivity contribution in [1.29, 1.82) is 0 Å². The molecule has 0 aromatic rings. The number of hydrogen-bond acceptors (Lipinski definition) is 3. The molecule has 0 aromatic carbocycles. The lowest BCUT2D eigenvalue weighted by Gasteiger charge is -2.03. The van der Waals surface area contributed by atoms with Gasteiger partial charge in [0.05, 0.1) is 6.54 Å². The molecule has 0 radical (unpaired) electrons. The van der Waals surface area contributed by atoms with Crippen LogP contribution in [0.1, 0.15) is 0 Å². The van der Waals surface area contributed by atoms with Gasteiger partial charge in [0.2, 0.25) is 0 Å². The molecule has 1 N–H and O–H groups in total. The van der Waals surface area contributed by atoms with E-state index in [0.29, 0.717) is 0 Å². The Hall–Kier alpha value is -1.32. The highest BCUT2D eigenvalue weighted by Crippen LogP contribution is 2.03. The van der Waals surface area contributed by atoms with E-state index in [1.54, 1.807) is 19.0 Å². The van der Waals surface area contributed by atoms with E-state index in [4.69, 9.17) is 0 Å². The lowest BCUT2D eigenvalue weighted by atomic mass is 10.2. The number of ketones is 1. The summed E-state index contributed by atoms with van der Waals surface area (Å²) in [4.78, 5) is 23.5. The minimum absolute atomic E-state index is 0.135. The Morgan fingerprint density at radius 3 is 2.45 bits per heavy atom. The molecule has 1 heterocycles. The van der Waals surface area contributed by atoms with E-state index in [1.807, 2.05) is 0 Å². The van der Waals surface area contributed by atoms with Crippen LogP contribution in [0.5, 0.6) is 0 Å². The van der Waals surface area contributed by atoms with E-state index in [0.717, 1.165) is 0 Å². The first-order valence-electron chi connectivity index (χ1n) is 3.31. The highest BCUT2D eigenvalue weighted by Gasteiger charge is 2.25. The first kappa shape index (κ1) is 7.78. The lowest BCUT2D eigenvalue weighted by Crippen LogP contribution is -2.15. The third-order valence-electron chi connectivity index (χ3n) is 1.34. The average molecular weight is 154 g/mol. The molecule has 0 saturated carbocycles. The quantitative estimate of drug-likeness (QED) is 0.394. The molecule has 1 aliphatic heterocycles. The summed E-state index contributed by atoms with van der Waals surface area (Å²) in [6.07, 6.45) is 1.53. The second-order valence-corrected chi connectivity index (χ2v) is 2.61. The minimum atomic E-state index is -0.274. The molecule has 0 atom stereocenters. The van der Waals surface area contributed by atoms with E-state index < -0.39 is 0 Å². The van der Waals surface area contributed by atoms with Crippen molar-refractivity contribution in [2.75, 3.05) is 20.6 Å². The van der Waals surface area contributed by atoms with Crippen LogP contribution in [0.3, 0.4) is 0 Å². The van der Waals surface area contributed by atoms with Crippen LogP contribution in [0.25, 0.3) is 0 Å². The molecule has 1 amide bonds. The van der Waals surface area contributed by atoms with Crippen LogP contribution in [0.2, 0.25) is 0 Å². The van der Waals surface area contributed by atoms with Gasteiger partial charge in [-0.05, 0) is 0 Å². The molecule has 0 spiro atoms. The number of carbonyl (C=O) groups is 2. The summed E-state index contributed by atoms with van der Waals surface area (Å²) in [7, 11) is 3.54. The Kier molecular flexibility index (Phi) is 1.94. The summed E-state index contributed by atoms with van der Waals surface area (Å²) >= 11 is 0. The summed E-state index contributed by atoms with van der Waals surface area (Å²) in [5, 5.41) is 2.44. The van der Waals surface area contributed by atoms with Crippen molar-refractivity contribution in [2.45, 2.75) is 0 Å². The summed E-state index contributed by atoms with van der Waals surface area (Å²) in [5.41, 5.74) is 0.245. The van der Waals surface area contributed by atoms with Crippen LogP contribution in [0.15, 0.2) is 11.8 Å². The van der Waals surface area contributed by atoms with Crippen LogP contribution in [0.4, 0.5) is 0 Å². The van der Waals surface area contributed by atoms with Crippen molar-refractivity contribution in [3.05, 3.63) is 11.8 Å². The average Bonchev–Trinajstić information content (AvgIpc) is 2.18. The standard InChI is InChI=1S/C7H10N2O2/c1-9(2)4-5-6(10)3-8-7(5)11/h4H,3H2,1-2H3,(H,8,11)/b5-4+. The van der Waals surface area contributed by atoms with Gasteiger partial charge in [-0.2, -0.15) is 0 Å². The van der Waals surface area contributed by atoms with Crippen molar-refractivity contribution < 1.29 is 9.59 Å². The zero-order chi connectivity index (χ0) is 8.43. The van der Waals surface area contributed by atoms with Gasteiger partial charge in [0.15, 0.2) is 5.78 Å². The smallest absolute Gasteiger partial charge is 0.256 e. The molecular formula is C7H10N2O2. The maximum absolute atomic E-state index is 10.9. The first-order valence-corrected chi connectivity index (χ1v) is 3.31. The number of rotatable bonds is 1. The molecule has 0 aliphatic carbocycles. The van der Waals surface area contributed by atoms with Gasteiger partial charge in [-0.1, -0.05) is 0 Å². The van der Waals surface area contributed by atoms with Gasteiger partial charge < -0.3 is 10.2 Å². The predicted molar refractivity (Wildman–Crippen MR) is 39.8 cm³/mol. The minimum Gasteiger partial charge on any atom is -0.383 e. The van der Waals surface area contributed by atoms with Gasteiger partial charge in [-0.3, -0.25) is 9.59 Å². The highest BCUT2D eigenvalue weighted by atomic mass is 16.2. The van der Waals surface area contributed by atoms with Crippen molar-refractivity contribution in [3.63, 3.8) is 0 Å². The number of nitrogens with zero attached hydrogens (tertiary/aromatic N) is 1. The maximum Gasteiger partial charge on any atom is 0.256 e. The third kappa shape index (κ3) is 1.58. The molecule has 0 unspecified atom stereocenters. The predicted octanol–water partition coefficient (Wildman–Crippen LogP) is -0.869. The number of Topliss-reactive ketones (excluding diaryl/α,β-unsaturated/α-hetero) is 1. The largest absolute Gasteiger partial charge is 0.383 e. The Labute approximate surface area is 64.9 Å². The summed E-state index contributed by atoms with van der Waals surface area (Å²) in [5.74, 6) is -0.410. The molecule has 1 aliphatic rings. The van der Waals surface area contributed by atoms with E-state index in [-0.39, 0.29) is 23.8 Å². The number of amides is 1. The highest BCUT2D eigenvalue weighted by molar-refractivity contribution is 6.24. The number of nitrogens with one attached hydrogen (secondary N) is 1.